The zero-order valence-electron chi connectivity index (χ0n) is 11.3. The second kappa shape index (κ2) is 4.65. The summed E-state index contributed by atoms with van der Waals surface area (Å²) in [7, 11) is 0. The van der Waals surface area contributed by atoms with Gasteiger partial charge in [0.15, 0.2) is 6.29 Å². The van der Waals surface area contributed by atoms with Crippen LogP contribution in [0.2, 0.25) is 0 Å². The number of para-hydroxylation sites is 1. The maximum absolute atomic E-state index is 11.3. The fourth-order valence-electron chi connectivity index (χ4n) is 3.03. The highest BCUT2D eigenvalue weighted by Gasteiger charge is 2.28. The lowest BCUT2D eigenvalue weighted by atomic mass is 10.1. The lowest BCUT2D eigenvalue weighted by Gasteiger charge is -2.24. The van der Waals surface area contributed by atoms with E-state index in [9.17, 15) is 4.79 Å². The van der Waals surface area contributed by atoms with Crippen molar-refractivity contribution in [1.29, 1.82) is 0 Å². The van der Waals surface area contributed by atoms with Crippen molar-refractivity contribution >= 4 is 23.0 Å². The predicted molar refractivity (Wildman–Crippen MR) is 77.7 cm³/mol. The fraction of sp³-hybridized carbons (Fsp3) is 0.375. The van der Waals surface area contributed by atoms with Gasteiger partial charge >= 0.3 is 0 Å². The van der Waals surface area contributed by atoms with Crippen LogP contribution in [0.25, 0.3) is 10.9 Å². The van der Waals surface area contributed by atoms with Crippen LogP contribution < -0.4 is 4.90 Å². The summed E-state index contributed by atoms with van der Waals surface area (Å²) in [5, 5.41) is 1.02. The lowest BCUT2D eigenvalue weighted by Crippen LogP contribution is -2.28. The van der Waals surface area contributed by atoms with Crippen LogP contribution in [0.5, 0.6) is 0 Å². The topological polar surface area (TPSA) is 33.2 Å². The molecule has 19 heavy (non-hydrogen) atoms. The Kier molecular flexibility index (Phi) is 2.97. The Bertz CT molecular complexity index is 623. The molecule has 98 valence electrons. The number of hydrogen-bond acceptors (Lipinski definition) is 3. The molecular formula is C16H18N2O. The first-order valence-electron chi connectivity index (χ1n) is 6.80. The molecule has 3 heteroatoms. The molecule has 0 N–H and O–H groups in total. The number of rotatable bonds is 2. The third-order valence-corrected chi connectivity index (χ3v) is 3.92. The van der Waals surface area contributed by atoms with Gasteiger partial charge in [0.25, 0.3) is 0 Å². The minimum Gasteiger partial charge on any atom is -0.353 e. The molecular weight excluding hydrogens is 236 g/mol. The summed E-state index contributed by atoms with van der Waals surface area (Å²) < 4.78 is 0. The Morgan fingerprint density at radius 1 is 1.32 bits per heavy atom. The molecule has 1 aliphatic heterocycles. The van der Waals surface area contributed by atoms with Gasteiger partial charge in [0.05, 0.1) is 11.1 Å². The summed E-state index contributed by atoms with van der Waals surface area (Å²) in [5.74, 6) is 1.49. The second-order valence-corrected chi connectivity index (χ2v) is 5.55. The molecule has 0 saturated carbocycles. The van der Waals surface area contributed by atoms with Crippen LogP contribution in [-0.4, -0.2) is 23.9 Å². The Labute approximate surface area is 113 Å². The molecule has 0 bridgehead atoms. The molecule has 0 amide bonds. The number of aromatic nitrogens is 1. The van der Waals surface area contributed by atoms with E-state index < -0.39 is 0 Å². The maximum atomic E-state index is 11.3. The first-order chi connectivity index (χ1) is 9.19. The summed E-state index contributed by atoms with van der Waals surface area (Å²) in [5.41, 5.74) is 1.65. The molecule has 2 atom stereocenters. The molecule has 1 aromatic heterocycles. The predicted octanol–water partition coefficient (Wildman–Crippen LogP) is 3.28. The summed E-state index contributed by atoms with van der Waals surface area (Å²) in [6.07, 6.45) is 2.08. The number of carbonyl (C=O) groups is 1. The van der Waals surface area contributed by atoms with E-state index in [1.54, 1.807) is 0 Å². The first kappa shape index (κ1) is 12.2. The van der Waals surface area contributed by atoms with Gasteiger partial charge in [-0.1, -0.05) is 25.1 Å². The minimum absolute atomic E-state index is 0.447. The van der Waals surface area contributed by atoms with Crippen LogP contribution in [-0.2, 0) is 0 Å². The van der Waals surface area contributed by atoms with Crippen molar-refractivity contribution in [2.75, 3.05) is 11.4 Å². The number of aldehydes is 1. The highest BCUT2D eigenvalue weighted by atomic mass is 16.1. The van der Waals surface area contributed by atoms with Crippen molar-refractivity contribution in [2.24, 2.45) is 5.92 Å². The number of carbonyl (C=O) groups excluding carboxylic acids is 1. The number of fused-ring (bicyclic) bond motifs is 1. The standard InChI is InChI=1S/C16H18N2O/c1-11-7-12(2)18(9-11)16-14(10-19)8-13-5-3-4-6-15(13)17-16/h3-6,8,10-12H,7,9H2,1-2H3. The Morgan fingerprint density at radius 2 is 2.11 bits per heavy atom. The van der Waals surface area contributed by atoms with E-state index in [4.69, 9.17) is 4.98 Å². The van der Waals surface area contributed by atoms with Gasteiger partial charge in [-0.15, -0.1) is 0 Å². The van der Waals surface area contributed by atoms with Gasteiger partial charge in [-0.05, 0) is 31.4 Å². The highest BCUT2D eigenvalue weighted by Crippen LogP contribution is 2.30. The van der Waals surface area contributed by atoms with Crippen molar-refractivity contribution in [1.82, 2.24) is 4.98 Å². The van der Waals surface area contributed by atoms with Crippen LogP contribution >= 0.6 is 0 Å². The monoisotopic (exact) mass is 254 g/mol. The number of hydrogen-bond donors (Lipinski definition) is 0. The Balaban J connectivity index is 2.14. The molecule has 1 saturated heterocycles. The van der Waals surface area contributed by atoms with Crippen molar-refractivity contribution in [3.05, 3.63) is 35.9 Å². The molecule has 2 heterocycles. The van der Waals surface area contributed by atoms with E-state index in [-0.39, 0.29) is 0 Å². The van der Waals surface area contributed by atoms with E-state index in [0.29, 0.717) is 17.5 Å². The molecule has 2 unspecified atom stereocenters. The zero-order valence-corrected chi connectivity index (χ0v) is 11.3. The average Bonchev–Trinajstić information content (AvgIpc) is 2.76. The minimum atomic E-state index is 0.447. The van der Waals surface area contributed by atoms with Gasteiger partial charge in [0, 0.05) is 18.0 Å². The normalized spacial score (nSPS) is 22.9. The van der Waals surface area contributed by atoms with Crippen LogP contribution in [0.4, 0.5) is 5.82 Å². The number of nitrogens with zero attached hydrogens (tertiary/aromatic N) is 2. The van der Waals surface area contributed by atoms with Gasteiger partial charge in [-0.25, -0.2) is 4.98 Å². The van der Waals surface area contributed by atoms with E-state index >= 15 is 0 Å². The zero-order chi connectivity index (χ0) is 13.4. The molecule has 0 spiro atoms. The Morgan fingerprint density at radius 3 is 2.79 bits per heavy atom. The average molecular weight is 254 g/mol. The summed E-state index contributed by atoms with van der Waals surface area (Å²) >= 11 is 0. The van der Waals surface area contributed by atoms with Crippen molar-refractivity contribution in [2.45, 2.75) is 26.3 Å². The molecule has 1 fully saturated rings. The fourth-order valence-corrected chi connectivity index (χ4v) is 3.03. The van der Waals surface area contributed by atoms with E-state index in [1.807, 2.05) is 30.3 Å². The van der Waals surface area contributed by atoms with E-state index in [0.717, 1.165) is 36.0 Å². The van der Waals surface area contributed by atoms with Gasteiger partial charge in [-0.3, -0.25) is 4.79 Å². The quantitative estimate of drug-likeness (QED) is 0.771. The molecule has 0 radical (unpaired) electrons. The van der Waals surface area contributed by atoms with Gasteiger partial charge in [0.2, 0.25) is 0 Å². The number of benzene rings is 1. The van der Waals surface area contributed by atoms with E-state index in [2.05, 4.69) is 18.7 Å². The summed E-state index contributed by atoms with van der Waals surface area (Å²) in [6.45, 7) is 5.43. The van der Waals surface area contributed by atoms with Crippen LogP contribution in [0.3, 0.4) is 0 Å². The summed E-state index contributed by atoms with van der Waals surface area (Å²) in [4.78, 5) is 18.3. The highest BCUT2D eigenvalue weighted by molar-refractivity contribution is 5.91. The molecule has 3 rings (SSSR count). The van der Waals surface area contributed by atoms with Crippen molar-refractivity contribution < 1.29 is 4.79 Å². The molecule has 3 nitrogen and oxygen atoms in total. The third kappa shape index (κ3) is 2.09. The molecule has 2 aromatic rings. The maximum Gasteiger partial charge on any atom is 0.153 e. The van der Waals surface area contributed by atoms with Crippen LogP contribution in [0.15, 0.2) is 30.3 Å². The smallest absolute Gasteiger partial charge is 0.153 e. The first-order valence-corrected chi connectivity index (χ1v) is 6.80. The third-order valence-electron chi connectivity index (χ3n) is 3.92. The number of pyridine rings is 1. The SMILES string of the molecule is CC1CC(C)N(c2nc3ccccc3cc2C=O)C1. The lowest BCUT2D eigenvalue weighted by molar-refractivity contribution is 0.112. The Hall–Kier alpha value is -1.90. The van der Waals surface area contributed by atoms with Gasteiger partial charge in [0.1, 0.15) is 5.82 Å². The van der Waals surface area contributed by atoms with Crippen LogP contribution in [0.1, 0.15) is 30.6 Å². The summed E-state index contributed by atoms with van der Waals surface area (Å²) in [6, 6.07) is 10.3. The van der Waals surface area contributed by atoms with Gasteiger partial charge in [-0.2, -0.15) is 0 Å². The molecule has 0 aliphatic carbocycles. The molecule has 1 aromatic carbocycles. The molecule has 1 aliphatic rings. The van der Waals surface area contributed by atoms with E-state index in [1.165, 1.54) is 0 Å². The largest absolute Gasteiger partial charge is 0.353 e. The van der Waals surface area contributed by atoms with Crippen LogP contribution in [0, 0.1) is 5.92 Å². The number of anilines is 1. The van der Waals surface area contributed by atoms with Crippen molar-refractivity contribution in [3.63, 3.8) is 0 Å². The van der Waals surface area contributed by atoms with Gasteiger partial charge < -0.3 is 4.90 Å². The van der Waals surface area contributed by atoms with Crippen molar-refractivity contribution in [3.8, 4) is 0 Å². The second-order valence-electron chi connectivity index (χ2n) is 5.55.